The van der Waals surface area contributed by atoms with Crippen LogP contribution in [-0.4, -0.2) is 16.6 Å². The Balaban J connectivity index is 1.74. The van der Waals surface area contributed by atoms with E-state index in [0.717, 1.165) is 34.5 Å². The molecule has 2 N–H and O–H groups in total. The lowest BCUT2D eigenvalue weighted by atomic mass is 10.0. The second-order valence-electron chi connectivity index (χ2n) is 5.99. The van der Waals surface area contributed by atoms with Crippen LogP contribution in [0.15, 0.2) is 58.4 Å². The van der Waals surface area contributed by atoms with Crippen LogP contribution in [0.2, 0.25) is 0 Å². The van der Waals surface area contributed by atoms with Crippen molar-refractivity contribution in [3.8, 4) is 0 Å². The number of nitrogens with zero attached hydrogens (tertiary/aromatic N) is 1. The minimum atomic E-state index is -0.457. The number of aliphatic hydroxyl groups excluding tert-OH is 1. The first-order chi connectivity index (χ1) is 11.6. The van der Waals surface area contributed by atoms with Crippen molar-refractivity contribution < 1.29 is 5.11 Å². The molecule has 0 amide bonds. The van der Waals surface area contributed by atoms with Crippen molar-refractivity contribution in [3.05, 3.63) is 70.1 Å². The van der Waals surface area contributed by atoms with E-state index in [1.807, 2.05) is 43.3 Å². The number of hydrogen-bond donors (Lipinski definition) is 2. The van der Waals surface area contributed by atoms with Crippen molar-refractivity contribution in [2.45, 2.75) is 24.3 Å². The Morgan fingerprint density at radius 2 is 2.00 bits per heavy atom. The minimum Gasteiger partial charge on any atom is -0.389 e. The van der Waals surface area contributed by atoms with E-state index in [0.29, 0.717) is 5.39 Å². The van der Waals surface area contributed by atoms with Crippen LogP contribution in [0, 0.1) is 0 Å². The smallest absolute Gasteiger partial charge is 0.255 e. The number of rotatable bonds is 3. The molecule has 0 saturated carbocycles. The Kier molecular flexibility index (Phi) is 3.82. The van der Waals surface area contributed by atoms with Crippen LogP contribution in [0.3, 0.4) is 0 Å². The summed E-state index contributed by atoms with van der Waals surface area (Å²) in [4.78, 5) is 15.8. The van der Waals surface area contributed by atoms with Crippen molar-refractivity contribution in [2.24, 2.45) is 0 Å². The van der Waals surface area contributed by atoms with Gasteiger partial charge in [-0.2, -0.15) is 0 Å². The van der Waals surface area contributed by atoms with Gasteiger partial charge in [-0.1, -0.05) is 18.2 Å². The minimum absolute atomic E-state index is 0.0619. The number of anilines is 1. The maximum absolute atomic E-state index is 12.0. The van der Waals surface area contributed by atoms with Gasteiger partial charge in [-0.3, -0.25) is 4.79 Å². The first kappa shape index (κ1) is 15.3. The highest BCUT2D eigenvalue weighted by atomic mass is 32.2. The number of fused-ring (bicyclic) bond motifs is 2. The Morgan fingerprint density at radius 3 is 2.83 bits per heavy atom. The predicted molar refractivity (Wildman–Crippen MR) is 98.6 cm³/mol. The second-order valence-corrected chi connectivity index (χ2v) is 7.05. The molecule has 1 aliphatic heterocycles. The SMILES string of the molecule is CC(O)c1cccc2c1CCN2Sc1cccc2c(=O)[nH]ccc12. The lowest BCUT2D eigenvalue weighted by molar-refractivity contribution is 0.198. The Morgan fingerprint density at radius 1 is 1.17 bits per heavy atom. The fourth-order valence-electron chi connectivity index (χ4n) is 3.31. The standard InChI is InChI=1S/C19H18N2O2S/c1-12(22)13-4-2-6-17-14(13)9-11-21(17)24-18-7-3-5-16-15(18)8-10-20-19(16)23/h2-8,10,12,22H,9,11H2,1H3,(H,20,23). The van der Waals surface area contributed by atoms with E-state index in [4.69, 9.17) is 0 Å². The quantitative estimate of drug-likeness (QED) is 0.716. The number of aliphatic hydroxyl groups is 1. The average molecular weight is 338 g/mol. The van der Waals surface area contributed by atoms with Crippen molar-refractivity contribution in [3.63, 3.8) is 0 Å². The van der Waals surface area contributed by atoms with Gasteiger partial charge in [0.1, 0.15) is 0 Å². The van der Waals surface area contributed by atoms with Crippen LogP contribution >= 0.6 is 11.9 Å². The number of aromatic amines is 1. The molecule has 4 nitrogen and oxygen atoms in total. The third-order valence-corrected chi connectivity index (χ3v) is 5.61. The van der Waals surface area contributed by atoms with E-state index in [1.54, 1.807) is 18.1 Å². The first-order valence-electron chi connectivity index (χ1n) is 8.01. The Bertz CT molecular complexity index is 965. The van der Waals surface area contributed by atoms with Crippen LogP contribution in [-0.2, 0) is 6.42 Å². The number of nitrogens with one attached hydrogen (secondary N) is 1. The third kappa shape index (κ3) is 2.50. The molecule has 0 fully saturated rings. The summed E-state index contributed by atoms with van der Waals surface area (Å²) >= 11 is 1.65. The molecule has 1 unspecified atom stereocenters. The topological polar surface area (TPSA) is 56.3 Å². The lowest BCUT2D eigenvalue weighted by Gasteiger charge is -2.19. The molecular formula is C19H18N2O2S. The van der Waals surface area contributed by atoms with Crippen LogP contribution in [0.1, 0.15) is 24.2 Å². The monoisotopic (exact) mass is 338 g/mol. The second kappa shape index (κ2) is 6.00. The summed E-state index contributed by atoms with van der Waals surface area (Å²) < 4.78 is 2.25. The van der Waals surface area contributed by atoms with Gasteiger partial charge < -0.3 is 14.4 Å². The molecule has 3 aromatic rings. The molecule has 1 aliphatic rings. The van der Waals surface area contributed by atoms with Crippen molar-refractivity contribution in [2.75, 3.05) is 10.8 Å². The average Bonchev–Trinajstić information content (AvgIpc) is 2.99. The molecule has 1 atom stereocenters. The van der Waals surface area contributed by atoms with Gasteiger partial charge in [0.05, 0.1) is 11.8 Å². The molecule has 0 aliphatic carbocycles. The number of aromatic nitrogens is 1. The molecule has 2 aromatic carbocycles. The molecule has 0 saturated heterocycles. The summed E-state index contributed by atoms with van der Waals surface area (Å²) in [6.07, 6.45) is 2.16. The fourth-order valence-corrected chi connectivity index (χ4v) is 4.41. The number of H-pyrrole nitrogens is 1. The molecule has 122 valence electrons. The molecule has 0 spiro atoms. The first-order valence-corrected chi connectivity index (χ1v) is 8.78. The fraction of sp³-hybridized carbons (Fsp3) is 0.211. The van der Waals surface area contributed by atoms with E-state index in [1.165, 1.54) is 5.56 Å². The van der Waals surface area contributed by atoms with Crippen LogP contribution < -0.4 is 9.86 Å². The van der Waals surface area contributed by atoms with Gasteiger partial charge in [-0.25, -0.2) is 0 Å². The van der Waals surface area contributed by atoms with Gasteiger partial charge in [0, 0.05) is 28.4 Å². The van der Waals surface area contributed by atoms with E-state index in [9.17, 15) is 9.90 Å². The molecular weight excluding hydrogens is 320 g/mol. The highest BCUT2D eigenvalue weighted by molar-refractivity contribution is 8.00. The zero-order valence-corrected chi connectivity index (χ0v) is 14.1. The summed E-state index contributed by atoms with van der Waals surface area (Å²) in [5.41, 5.74) is 3.32. The number of pyridine rings is 1. The van der Waals surface area contributed by atoms with Gasteiger partial charge in [0.25, 0.3) is 5.56 Å². The largest absolute Gasteiger partial charge is 0.389 e. The molecule has 0 bridgehead atoms. The summed E-state index contributed by atoms with van der Waals surface area (Å²) in [6.45, 7) is 2.70. The lowest BCUT2D eigenvalue weighted by Crippen LogP contribution is -2.11. The highest BCUT2D eigenvalue weighted by Gasteiger charge is 2.24. The van der Waals surface area contributed by atoms with E-state index in [-0.39, 0.29) is 5.56 Å². The molecule has 1 aromatic heterocycles. The van der Waals surface area contributed by atoms with E-state index >= 15 is 0 Å². The molecule has 5 heteroatoms. The Labute approximate surface area is 144 Å². The van der Waals surface area contributed by atoms with Gasteiger partial charge in [-0.05, 0) is 60.7 Å². The van der Waals surface area contributed by atoms with Crippen LogP contribution in [0.25, 0.3) is 10.8 Å². The van der Waals surface area contributed by atoms with E-state index in [2.05, 4.69) is 15.4 Å². The number of hydrogen-bond acceptors (Lipinski definition) is 4. The molecule has 4 rings (SSSR count). The third-order valence-electron chi connectivity index (χ3n) is 4.45. The van der Waals surface area contributed by atoms with Crippen LogP contribution in [0.4, 0.5) is 5.69 Å². The maximum atomic E-state index is 12.0. The zero-order valence-electron chi connectivity index (χ0n) is 13.3. The molecule has 24 heavy (non-hydrogen) atoms. The molecule has 0 radical (unpaired) electrons. The Hall–Kier alpha value is -2.24. The summed E-state index contributed by atoms with van der Waals surface area (Å²) in [6, 6.07) is 13.8. The van der Waals surface area contributed by atoms with Gasteiger partial charge in [-0.15, -0.1) is 0 Å². The van der Waals surface area contributed by atoms with Crippen LogP contribution in [0.5, 0.6) is 0 Å². The van der Waals surface area contributed by atoms with Crippen molar-refractivity contribution >= 4 is 28.4 Å². The van der Waals surface area contributed by atoms with Gasteiger partial charge in [0.2, 0.25) is 0 Å². The summed E-state index contributed by atoms with van der Waals surface area (Å²) in [5, 5.41) is 11.6. The zero-order chi connectivity index (χ0) is 16.7. The van der Waals surface area contributed by atoms with Gasteiger partial charge in [0.15, 0.2) is 0 Å². The molecule has 2 heterocycles. The van der Waals surface area contributed by atoms with Gasteiger partial charge >= 0.3 is 0 Å². The maximum Gasteiger partial charge on any atom is 0.255 e. The normalized spacial score (nSPS) is 14.8. The van der Waals surface area contributed by atoms with E-state index < -0.39 is 6.10 Å². The van der Waals surface area contributed by atoms with Crippen molar-refractivity contribution in [1.82, 2.24) is 4.98 Å². The highest BCUT2D eigenvalue weighted by Crippen LogP contribution is 2.40. The predicted octanol–water partition coefficient (Wildman–Crippen LogP) is 3.65. The van der Waals surface area contributed by atoms with Crippen molar-refractivity contribution in [1.29, 1.82) is 0 Å². The summed E-state index contributed by atoms with van der Waals surface area (Å²) in [5.74, 6) is 0. The number of benzene rings is 2. The summed E-state index contributed by atoms with van der Waals surface area (Å²) in [7, 11) is 0.